The SMILES string of the molecule is CC1(C)c2ccccc2-c2cccc(-c3ccccc3N(c3ccc(-n4c5c(c6ccccc64)C=CCC5)cc3)c3ccc4c(c3)C(c3ccccc3)(c3ccccc3)c3ccccc3-4)c21. The third-order valence-electron chi connectivity index (χ3n) is 14.9. The highest BCUT2D eigenvalue weighted by atomic mass is 15.1. The normalized spacial score (nSPS) is 14.6. The number of anilines is 3. The van der Waals surface area contributed by atoms with Crippen molar-refractivity contribution in [1.82, 2.24) is 4.57 Å². The first-order valence-corrected chi connectivity index (χ1v) is 23.4. The Morgan fingerprint density at radius 3 is 1.76 bits per heavy atom. The molecule has 9 aromatic carbocycles. The molecule has 66 heavy (non-hydrogen) atoms. The minimum Gasteiger partial charge on any atom is -0.313 e. The van der Waals surface area contributed by atoms with Gasteiger partial charge in [0, 0.05) is 44.7 Å². The second-order valence-corrected chi connectivity index (χ2v) is 18.7. The molecule has 0 amide bonds. The van der Waals surface area contributed by atoms with Gasteiger partial charge in [0.05, 0.1) is 16.6 Å². The van der Waals surface area contributed by atoms with Crippen molar-refractivity contribution in [3.05, 3.63) is 269 Å². The van der Waals surface area contributed by atoms with Gasteiger partial charge in [-0.15, -0.1) is 0 Å². The molecule has 0 atom stereocenters. The Hall–Kier alpha value is -7.94. The fraction of sp³-hybridized carbons (Fsp3) is 0.0938. The summed E-state index contributed by atoms with van der Waals surface area (Å²) >= 11 is 0. The van der Waals surface area contributed by atoms with Crippen molar-refractivity contribution in [2.24, 2.45) is 0 Å². The molecule has 0 saturated heterocycles. The van der Waals surface area contributed by atoms with E-state index in [1.165, 1.54) is 94.6 Å². The van der Waals surface area contributed by atoms with Crippen LogP contribution in [0.15, 0.2) is 224 Å². The molecular weight excluding hydrogens is 797 g/mol. The van der Waals surface area contributed by atoms with Crippen molar-refractivity contribution in [2.45, 2.75) is 37.5 Å². The number of rotatable bonds is 7. The van der Waals surface area contributed by atoms with Crippen LogP contribution in [0.3, 0.4) is 0 Å². The van der Waals surface area contributed by atoms with E-state index in [9.17, 15) is 0 Å². The van der Waals surface area contributed by atoms with Gasteiger partial charge in [0.2, 0.25) is 0 Å². The summed E-state index contributed by atoms with van der Waals surface area (Å²) in [6.07, 6.45) is 6.71. The lowest BCUT2D eigenvalue weighted by atomic mass is 9.67. The van der Waals surface area contributed by atoms with Crippen molar-refractivity contribution >= 4 is 34.0 Å². The van der Waals surface area contributed by atoms with Crippen LogP contribution in [0, 0.1) is 0 Å². The minimum absolute atomic E-state index is 0.180. The topological polar surface area (TPSA) is 8.17 Å². The maximum Gasteiger partial charge on any atom is 0.0714 e. The van der Waals surface area contributed by atoms with Crippen LogP contribution in [0.1, 0.15) is 64.9 Å². The molecule has 314 valence electrons. The third-order valence-corrected chi connectivity index (χ3v) is 14.9. The lowest BCUT2D eigenvalue weighted by molar-refractivity contribution is 0.662. The molecule has 0 spiro atoms. The van der Waals surface area contributed by atoms with Gasteiger partial charge >= 0.3 is 0 Å². The third kappa shape index (κ3) is 5.48. The maximum atomic E-state index is 2.52. The smallest absolute Gasteiger partial charge is 0.0714 e. The van der Waals surface area contributed by atoms with Crippen LogP contribution < -0.4 is 4.90 Å². The molecule has 1 heterocycles. The minimum atomic E-state index is -0.529. The molecule has 0 aliphatic heterocycles. The summed E-state index contributed by atoms with van der Waals surface area (Å²) in [7, 11) is 0. The van der Waals surface area contributed by atoms with Gasteiger partial charge in [-0.1, -0.05) is 196 Å². The van der Waals surface area contributed by atoms with E-state index in [2.05, 4.69) is 254 Å². The van der Waals surface area contributed by atoms with E-state index in [-0.39, 0.29) is 5.41 Å². The van der Waals surface area contributed by atoms with Gasteiger partial charge in [0.1, 0.15) is 0 Å². The zero-order valence-corrected chi connectivity index (χ0v) is 37.2. The average Bonchev–Trinajstić information content (AvgIpc) is 3.96. The van der Waals surface area contributed by atoms with E-state index < -0.39 is 5.41 Å². The average molecular weight is 845 g/mol. The summed E-state index contributed by atoms with van der Waals surface area (Å²) in [5.41, 5.74) is 23.3. The van der Waals surface area contributed by atoms with Crippen LogP contribution in [-0.2, 0) is 17.3 Å². The molecule has 10 aromatic rings. The number of benzene rings is 9. The highest BCUT2D eigenvalue weighted by Crippen LogP contribution is 2.58. The molecule has 1 aromatic heterocycles. The first kappa shape index (κ1) is 38.5. The molecule has 2 nitrogen and oxygen atoms in total. The number of aromatic nitrogens is 1. The van der Waals surface area contributed by atoms with E-state index in [1.54, 1.807) is 0 Å². The Morgan fingerprint density at radius 2 is 1.02 bits per heavy atom. The maximum absolute atomic E-state index is 2.52. The molecule has 0 radical (unpaired) electrons. The predicted molar refractivity (Wildman–Crippen MR) is 276 cm³/mol. The second kappa shape index (κ2) is 14.8. The molecule has 0 bridgehead atoms. The van der Waals surface area contributed by atoms with Crippen molar-refractivity contribution in [3.63, 3.8) is 0 Å². The summed E-state index contributed by atoms with van der Waals surface area (Å²) in [5, 5.41) is 1.31. The standard InChI is InChI=1S/C64H48N2/c1-63(2)56-31-14-9-25-49(56)54-29-19-30-55(62(54)63)53-28-13-16-33-59(53)65(45-36-38-46(39-37-45)66-60-34-17-11-26-51(60)52-27-12-18-35-61(52)66)47-40-41-50-48-24-10-15-32-57(48)64(58(50)42-47,43-20-5-3-6-21-43)44-22-7-4-8-23-44/h3-17,19-34,36-42H,18,35H2,1-2H3. The van der Waals surface area contributed by atoms with Crippen LogP contribution in [0.25, 0.3) is 56.0 Å². The van der Waals surface area contributed by atoms with Crippen molar-refractivity contribution in [3.8, 4) is 39.1 Å². The van der Waals surface area contributed by atoms with Crippen molar-refractivity contribution in [2.75, 3.05) is 4.90 Å². The molecule has 3 aliphatic rings. The fourth-order valence-corrected chi connectivity index (χ4v) is 12.2. The molecule has 0 fully saturated rings. The summed E-state index contributed by atoms with van der Waals surface area (Å²) < 4.78 is 2.49. The number of allylic oxidation sites excluding steroid dienone is 1. The number of nitrogens with zero attached hydrogens (tertiary/aromatic N) is 2. The largest absolute Gasteiger partial charge is 0.313 e. The van der Waals surface area contributed by atoms with E-state index in [0.717, 1.165) is 29.9 Å². The van der Waals surface area contributed by atoms with Crippen LogP contribution >= 0.6 is 0 Å². The Labute approximate surface area is 387 Å². The number of para-hydroxylation sites is 2. The molecule has 0 saturated carbocycles. The second-order valence-electron chi connectivity index (χ2n) is 18.7. The summed E-state index contributed by atoms with van der Waals surface area (Å²) in [4.78, 5) is 2.52. The lowest BCUT2D eigenvalue weighted by Crippen LogP contribution is -2.28. The Bertz CT molecular complexity index is 3510. The van der Waals surface area contributed by atoms with Gasteiger partial charge in [0.15, 0.2) is 0 Å². The lowest BCUT2D eigenvalue weighted by Gasteiger charge is -2.35. The van der Waals surface area contributed by atoms with Crippen molar-refractivity contribution in [1.29, 1.82) is 0 Å². The van der Waals surface area contributed by atoms with E-state index in [1.807, 2.05) is 0 Å². The molecule has 0 N–H and O–H groups in total. The molecule has 3 aliphatic carbocycles. The van der Waals surface area contributed by atoms with Crippen molar-refractivity contribution < 1.29 is 0 Å². The molecular formula is C64H48N2. The first-order valence-electron chi connectivity index (χ1n) is 23.4. The van der Waals surface area contributed by atoms with Gasteiger partial charge in [0.25, 0.3) is 0 Å². The fourth-order valence-electron chi connectivity index (χ4n) is 12.2. The van der Waals surface area contributed by atoms with E-state index in [4.69, 9.17) is 0 Å². The quantitative estimate of drug-likeness (QED) is 0.155. The van der Waals surface area contributed by atoms with E-state index >= 15 is 0 Å². The van der Waals surface area contributed by atoms with Crippen LogP contribution in [0.2, 0.25) is 0 Å². The van der Waals surface area contributed by atoms with Crippen LogP contribution in [0.5, 0.6) is 0 Å². The van der Waals surface area contributed by atoms with Gasteiger partial charge in [-0.25, -0.2) is 0 Å². The van der Waals surface area contributed by atoms with Gasteiger partial charge in [-0.3, -0.25) is 0 Å². The summed E-state index contributed by atoms with van der Waals surface area (Å²) in [5.74, 6) is 0. The Kier molecular flexibility index (Phi) is 8.64. The first-order chi connectivity index (χ1) is 32.5. The number of hydrogen-bond donors (Lipinski definition) is 0. The highest BCUT2D eigenvalue weighted by Gasteiger charge is 2.46. The zero-order valence-electron chi connectivity index (χ0n) is 37.2. The molecule has 13 rings (SSSR count). The van der Waals surface area contributed by atoms with Crippen LogP contribution in [-0.4, -0.2) is 4.57 Å². The van der Waals surface area contributed by atoms with Gasteiger partial charge in [-0.2, -0.15) is 0 Å². The van der Waals surface area contributed by atoms with Crippen LogP contribution in [0.4, 0.5) is 17.1 Å². The summed E-state index contributed by atoms with van der Waals surface area (Å²) in [6, 6.07) is 81.7. The zero-order chi connectivity index (χ0) is 44.0. The van der Waals surface area contributed by atoms with Gasteiger partial charge in [-0.05, 0) is 123 Å². The Morgan fingerprint density at radius 1 is 0.455 bits per heavy atom. The Balaban J connectivity index is 1.06. The monoisotopic (exact) mass is 844 g/mol. The predicted octanol–water partition coefficient (Wildman–Crippen LogP) is 16.4. The summed E-state index contributed by atoms with van der Waals surface area (Å²) in [6.45, 7) is 4.79. The van der Waals surface area contributed by atoms with E-state index in [0.29, 0.717) is 0 Å². The number of fused-ring (bicyclic) bond motifs is 9. The highest BCUT2D eigenvalue weighted by molar-refractivity contribution is 5.97. The molecule has 2 heteroatoms. The molecule has 0 unspecified atom stereocenters. The number of hydrogen-bond acceptors (Lipinski definition) is 1. The van der Waals surface area contributed by atoms with Gasteiger partial charge < -0.3 is 9.47 Å².